The second kappa shape index (κ2) is 39.4. The first-order valence-electron chi connectivity index (χ1n) is 39.4. The molecule has 33 heteroatoms. The molecule has 0 bridgehead atoms. The molecule has 0 atom stereocenters. The van der Waals surface area contributed by atoms with Crippen LogP contribution in [0.4, 0.5) is 43.4 Å². The molecule has 27 nitrogen and oxygen atoms in total. The maximum absolute atomic E-state index is 15.2. The first-order valence-corrected chi connectivity index (χ1v) is 39.4. The summed E-state index contributed by atoms with van der Waals surface area (Å²) in [7, 11) is 7.44. The van der Waals surface area contributed by atoms with E-state index in [1.165, 1.54) is 183 Å². The number of pyridine rings is 6. The Morgan fingerprint density at radius 2 is 0.746 bits per heavy atom. The number of nitriles is 3. The molecule has 0 aliphatic heterocycles. The number of aryl methyl sites for hydroxylation is 1. The van der Waals surface area contributed by atoms with Crippen LogP contribution in [0.3, 0.4) is 0 Å². The molecule has 6 heterocycles. The van der Waals surface area contributed by atoms with E-state index in [4.69, 9.17) is 43.6 Å². The number of amides is 3. The number of methoxy groups -OCH3 is 5. The number of nitrogens with one attached hydrogen (secondary N) is 3. The smallest absolute Gasteiger partial charge is 0.268 e. The average Bonchev–Trinajstić information content (AvgIpc) is 0.774. The van der Waals surface area contributed by atoms with Crippen molar-refractivity contribution < 1.29 is 78.6 Å². The van der Waals surface area contributed by atoms with Gasteiger partial charge in [0.1, 0.15) is 86.7 Å². The molecule has 5 N–H and O–H groups in total. The van der Waals surface area contributed by atoms with Gasteiger partial charge in [0.25, 0.3) is 23.3 Å². The van der Waals surface area contributed by atoms with Gasteiger partial charge in [0.05, 0.1) is 68.8 Å². The van der Waals surface area contributed by atoms with E-state index in [0.717, 1.165) is 42.5 Å². The summed E-state index contributed by atoms with van der Waals surface area (Å²) >= 11 is 0. The highest BCUT2D eigenvalue weighted by molar-refractivity contribution is 6.07. The van der Waals surface area contributed by atoms with Gasteiger partial charge in [-0.3, -0.25) is 48.3 Å². The Bertz CT molecular complexity index is 7320. The van der Waals surface area contributed by atoms with Gasteiger partial charge in [0, 0.05) is 131 Å². The fourth-order valence-electron chi connectivity index (χ4n) is 14.0. The van der Waals surface area contributed by atoms with Gasteiger partial charge in [0.2, 0.25) is 10.9 Å². The van der Waals surface area contributed by atoms with Crippen LogP contribution in [0.2, 0.25) is 0 Å². The number of halogens is 6. The Morgan fingerprint density at radius 1 is 0.408 bits per heavy atom. The molecule has 0 fully saturated rings. The molecule has 0 radical (unpaired) electrons. The SMILES string of the molecule is COc1cc2nccc(Oc3ccc(NC(=O)c4cc(C)c(CN)n(-c5ccc(F)cc5)c4=O)cc3F)c2cc1OC.COc1cc2nccc(Oc3ccc(NC(=O)c4cn(C(C)C)c(C#N)c(-c5ccc(F)cc5)c4=O)cc3F)c2cc1C#N.COc1cc2nccc(Oc3ccc(NC(=O)c4cn(C(C)C)c(C#N)c(-c5ccc(F)cc5)c4=O)cc3F)c2cc1OC. The van der Waals surface area contributed by atoms with Crippen molar-refractivity contribution in [2.45, 2.75) is 53.2 Å². The van der Waals surface area contributed by atoms with Crippen molar-refractivity contribution in [3.8, 4) is 109 Å². The number of rotatable bonds is 23. The summed E-state index contributed by atoms with van der Waals surface area (Å²) in [6.07, 6.45) is 7.07. The van der Waals surface area contributed by atoms with E-state index in [-0.39, 0.29) is 115 Å². The lowest BCUT2D eigenvalue weighted by Crippen LogP contribution is -2.32. The van der Waals surface area contributed by atoms with Crippen LogP contribution in [0.25, 0.3) is 60.6 Å². The lowest BCUT2D eigenvalue weighted by atomic mass is 10.00. The molecule has 0 saturated heterocycles. The summed E-state index contributed by atoms with van der Waals surface area (Å²) in [6, 6.07) is 48.2. The molecule has 654 valence electrons. The van der Waals surface area contributed by atoms with Crippen molar-refractivity contribution in [3.63, 3.8) is 0 Å². The van der Waals surface area contributed by atoms with E-state index >= 15 is 13.2 Å². The lowest BCUT2D eigenvalue weighted by Gasteiger charge is -2.18. The van der Waals surface area contributed by atoms with Gasteiger partial charge < -0.3 is 68.7 Å². The Labute approximate surface area is 736 Å². The molecule has 15 rings (SSSR count). The van der Waals surface area contributed by atoms with Crippen LogP contribution in [0.1, 0.15) is 99.1 Å². The van der Waals surface area contributed by atoms with Crippen LogP contribution in [0, 0.1) is 75.8 Å². The largest absolute Gasteiger partial charge is 0.495 e. The maximum atomic E-state index is 15.2. The average molecular weight is 1760 g/mol. The van der Waals surface area contributed by atoms with Gasteiger partial charge in [-0.2, -0.15) is 15.8 Å². The standard InChI is InChI=1S/C33H23F2N5O4.C33H26F2N4O5.C31H26F2N4O5/c1-18(2)40-17-24(32(41)31(27(40)16-37)19-4-6-21(34)7-5-19)33(42)39-22-8-9-29(25(35)13-22)44-28-10-11-38-26-14-30(43-3)20(15-36)12-23(26)28;1-18(2)39-17-23(32(40)31(26(39)16-36)19-5-7-20(34)8-6-19)33(41)38-21-9-10-28(24(35)13-21)44-27-11-12-37-25-15-30(43-4)29(42-3)14-22(25)27;1-17-12-22(31(39)37(25(17)16-34)20-7-4-18(32)5-8-20)30(38)36-19-6-9-27(23(33)13-19)42-26-10-11-35-24-15-29(41-3)28(40-2)14-21(24)26/h4-14,17-18H,1-3H3,(H,39,42);5-15,17-18H,1-4H3,(H,38,41);4-15H,16,34H2,1-3H3,(H,36,38). The molecule has 0 unspecified atom stereocenters. The van der Waals surface area contributed by atoms with Crippen molar-refractivity contribution in [1.29, 1.82) is 15.8 Å². The highest BCUT2D eigenvalue weighted by Gasteiger charge is 2.28. The minimum Gasteiger partial charge on any atom is -0.495 e. The predicted octanol–water partition coefficient (Wildman–Crippen LogP) is 19.1. The van der Waals surface area contributed by atoms with E-state index in [0.29, 0.717) is 89.9 Å². The van der Waals surface area contributed by atoms with Gasteiger partial charge >= 0.3 is 0 Å². The summed E-state index contributed by atoms with van der Waals surface area (Å²) in [4.78, 5) is 93.1. The van der Waals surface area contributed by atoms with E-state index in [1.54, 1.807) is 77.1 Å². The molecule has 9 aromatic carbocycles. The lowest BCUT2D eigenvalue weighted by molar-refractivity contribution is 0.101. The third-order valence-electron chi connectivity index (χ3n) is 20.4. The second-order valence-corrected chi connectivity index (χ2v) is 29.1. The molecular weight excluding hydrogens is 1690 g/mol. The molecule has 0 spiro atoms. The number of benzene rings is 9. The van der Waals surface area contributed by atoms with Crippen LogP contribution in [0.15, 0.2) is 233 Å². The fourth-order valence-corrected chi connectivity index (χ4v) is 14.0. The van der Waals surface area contributed by atoms with Crippen LogP contribution >= 0.6 is 0 Å². The molecule has 130 heavy (non-hydrogen) atoms. The van der Waals surface area contributed by atoms with Crippen LogP contribution in [0.5, 0.6) is 63.2 Å². The van der Waals surface area contributed by atoms with Crippen LogP contribution < -0.4 is 76.0 Å². The number of carbonyl (C=O) groups is 3. The minimum atomic E-state index is -0.830. The highest BCUT2D eigenvalue weighted by atomic mass is 19.1. The zero-order chi connectivity index (χ0) is 93.1. The topological polar surface area (TPSA) is 363 Å². The molecular formula is C97H75F6N13O14. The summed E-state index contributed by atoms with van der Waals surface area (Å²) < 4.78 is 135. The first kappa shape index (κ1) is 90.6. The van der Waals surface area contributed by atoms with Crippen molar-refractivity contribution in [2.24, 2.45) is 5.73 Å². The third-order valence-corrected chi connectivity index (χ3v) is 20.4. The number of fused-ring (bicyclic) bond motifs is 3. The van der Waals surface area contributed by atoms with Crippen molar-refractivity contribution in [2.75, 3.05) is 51.5 Å². The molecule has 3 amide bonds. The zero-order valence-electron chi connectivity index (χ0n) is 70.7. The molecule has 0 aliphatic carbocycles. The number of ether oxygens (including phenoxy) is 8. The molecule has 6 aromatic heterocycles. The van der Waals surface area contributed by atoms with Gasteiger partial charge in [-0.1, -0.05) is 24.3 Å². The van der Waals surface area contributed by atoms with Crippen molar-refractivity contribution in [1.82, 2.24) is 28.7 Å². The predicted molar refractivity (Wildman–Crippen MR) is 473 cm³/mol. The molecule has 0 saturated carbocycles. The molecule has 0 aliphatic rings. The Kier molecular flexibility index (Phi) is 27.4. The number of hydrogen-bond donors (Lipinski definition) is 4. The van der Waals surface area contributed by atoms with Crippen molar-refractivity contribution in [3.05, 3.63) is 330 Å². The summed E-state index contributed by atoms with van der Waals surface area (Å²) in [5.74, 6) is -3.57. The summed E-state index contributed by atoms with van der Waals surface area (Å²) in [6.45, 7) is 8.85. The quantitative estimate of drug-likeness (QED) is 0.0432. The van der Waals surface area contributed by atoms with Gasteiger partial charge in [0.15, 0.2) is 57.7 Å². The molecule has 15 aromatic rings. The van der Waals surface area contributed by atoms with Gasteiger partial charge in [-0.25, -0.2) is 26.3 Å². The summed E-state index contributed by atoms with van der Waals surface area (Å²) in [5.41, 5.74) is 6.95. The summed E-state index contributed by atoms with van der Waals surface area (Å²) in [5, 5.41) is 38.4. The second-order valence-electron chi connectivity index (χ2n) is 29.1. The number of nitrogens with zero attached hydrogens (tertiary/aromatic N) is 9. The van der Waals surface area contributed by atoms with Gasteiger partial charge in [-0.05, 0) is 179 Å². The van der Waals surface area contributed by atoms with Crippen molar-refractivity contribution >= 4 is 67.5 Å². The van der Waals surface area contributed by atoms with E-state index in [9.17, 15) is 57.7 Å². The van der Waals surface area contributed by atoms with E-state index < -0.39 is 69.0 Å². The minimum absolute atomic E-state index is 0.0140. The number of anilines is 3. The van der Waals surface area contributed by atoms with Crippen LogP contribution in [-0.2, 0) is 6.54 Å². The Hall–Kier alpha value is -17.1. The number of hydrogen-bond acceptors (Lipinski definition) is 21. The first-order chi connectivity index (χ1) is 62.5. The fraction of sp³-hybridized carbons (Fsp3) is 0.134. The van der Waals surface area contributed by atoms with E-state index in [2.05, 4.69) is 30.9 Å². The number of carbonyl (C=O) groups excluding carboxylic acids is 3. The highest BCUT2D eigenvalue weighted by Crippen LogP contribution is 2.42. The van der Waals surface area contributed by atoms with Crippen LogP contribution in [-0.4, -0.2) is 81.9 Å². The normalized spacial score (nSPS) is 10.8. The number of nitrogens with two attached hydrogens (primary N) is 1. The van der Waals surface area contributed by atoms with E-state index in [1.807, 2.05) is 18.2 Å². The number of aromatic nitrogens is 6. The monoisotopic (exact) mass is 1760 g/mol. The third kappa shape index (κ3) is 19.2. The zero-order valence-corrected chi connectivity index (χ0v) is 70.7. The van der Waals surface area contributed by atoms with Gasteiger partial charge in [-0.15, -0.1) is 0 Å². The Morgan fingerprint density at radius 3 is 1.08 bits per heavy atom. The Balaban J connectivity index is 0.000000166. The maximum Gasteiger partial charge on any atom is 0.268 e.